The van der Waals surface area contributed by atoms with E-state index in [-0.39, 0.29) is 0 Å². The largest absolute Gasteiger partial charge is 0.453 e. The molecule has 36 heavy (non-hydrogen) atoms. The number of para-hydroxylation sites is 1. The van der Waals surface area contributed by atoms with E-state index in [1.165, 1.54) is 27.5 Å². The Hall–Kier alpha value is -4.50. The minimum atomic E-state index is 0.829. The van der Waals surface area contributed by atoms with Gasteiger partial charge in [0.1, 0.15) is 11.1 Å². The summed E-state index contributed by atoms with van der Waals surface area (Å²) in [5, 5.41) is 5.74. The SMILES string of the molecule is Cc1ccc2cc(-c3cc(-c4cccc5c4oc4c5ccc5ccc(C)nc54)ncc3C)ccc2c1. The highest BCUT2D eigenvalue weighted by Gasteiger charge is 2.16. The lowest BCUT2D eigenvalue weighted by molar-refractivity contribution is 0.672. The number of nitrogens with zero attached hydrogens (tertiary/aromatic N) is 2. The molecule has 7 aromatic rings. The van der Waals surface area contributed by atoms with E-state index >= 15 is 0 Å². The molecule has 4 aromatic carbocycles. The second-order valence-corrected chi connectivity index (χ2v) is 9.70. The van der Waals surface area contributed by atoms with Gasteiger partial charge in [0.25, 0.3) is 0 Å². The van der Waals surface area contributed by atoms with Crippen molar-refractivity contribution in [2.24, 2.45) is 0 Å². The highest BCUT2D eigenvalue weighted by atomic mass is 16.3. The summed E-state index contributed by atoms with van der Waals surface area (Å²) in [4.78, 5) is 9.62. The Kier molecular flexibility index (Phi) is 4.49. The van der Waals surface area contributed by atoms with Gasteiger partial charge in [0.05, 0.1) is 5.69 Å². The summed E-state index contributed by atoms with van der Waals surface area (Å²) in [6, 6.07) is 30.1. The Bertz CT molecular complexity index is 1980. The zero-order chi connectivity index (χ0) is 24.4. The van der Waals surface area contributed by atoms with Crippen molar-refractivity contribution < 1.29 is 4.42 Å². The number of aromatic nitrogens is 2. The summed E-state index contributed by atoms with van der Waals surface area (Å²) in [6.45, 7) is 6.26. The zero-order valence-corrected chi connectivity index (χ0v) is 20.5. The van der Waals surface area contributed by atoms with Crippen molar-refractivity contribution in [1.29, 1.82) is 0 Å². The van der Waals surface area contributed by atoms with Gasteiger partial charge in [0.15, 0.2) is 5.58 Å². The van der Waals surface area contributed by atoms with Gasteiger partial charge in [-0.15, -0.1) is 0 Å². The highest BCUT2D eigenvalue weighted by molar-refractivity contribution is 6.16. The van der Waals surface area contributed by atoms with Gasteiger partial charge in [-0.05, 0) is 78.6 Å². The topological polar surface area (TPSA) is 38.9 Å². The van der Waals surface area contributed by atoms with Crippen molar-refractivity contribution in [3.8, 4) is 22.4 Å². The number of hydrogen-bond donors (Lipinski definition) is 0. The van der Waals surface area contributed by atoms with Crippen molar-refractivity contribution in [1.82, 2.24) is 9.97 Å². The summed E-state index contributed by atoms with van der Waals surface area (Å²) < 4.78 is 6.55. The Labute approximate surface area is 209 Å². The molecule has 172 valence electrons. The minimum absolute atomic E-state index is 0.829. The first kappa shape index (κ1) is 20.8. The van der Waals surface area contributed by atoms with Crippen molar-refractivity contribution in [2.45, 2.75) is 20.8 Å². The van der Waals surface area contributed by atoms with Gasteiger partial charge in [0.2, 0.25) is 0 Å². The van der Waals surface area contributed by atoms with Crippen LogP contribution in [0.3, 0.4) is 0 Å². The number of benzene rings is 4. The second-order valence-electron chi connectivity index (χ2n) is 9.70. The summed E-state index contributed by atoms with van der Waals surface area (Å²) >= 11 is 0. The van der Waals surface area contributed by atoms with E-state index in [1.807, 2.05) is 19.2 Å². The molecule has 0 fully saturated rings. The summed E-state index contributed by atoms with van der Waals surface area (Å²) in [5.74, 6) is 0. The Morgan fingerprint density at radius 3 is 2.33 bits per heavy atom. The number of fused-ring (bicyclic) bond motifs is 6. The first-order valence-corrected chi connectivity index (χ1v) is 12.2. The van der Waals surface area contributed by atoms with Crippen LogP contribution in [0.25, 0.3) is 66.0 Å². The number of rotatable bonds is 2. The van der Waals surface area contributed by atoms with Crippen LogP contribution in [0.5, 0.6) is 0 Å². The van der Waals surface area contributed by atoms with Gasteiger partial charge in [-0.25, -0.2) is 4.98 Å². The maximum absolute atomic E-state index is 6.55. The van der Waals surface area contributed by atoms with Crippen LogP contribution in [0.4, 0.5) is 0 Å². The van der Waals surface area contributed by atoms with Crippen LogP contribution < -0.4 is 0 Å². The Balaban J connectivity index is 1.44. The molecule has 0 saturated heterocycles. The van der Waals surface area contributed by atoms with Gasteiger partial charge in [-0.1, -0.05) is 60.2 Å². The van der Waals surface area contributed by atoms with E-state index < -0.39 is 0 Å². The number of hydrogen-bond acceptors (Lipinski definition) is 3. The smallest absolute Gasteiger partial charge is 0.161 e. The third-order valence-electron chi connectivity index (χ3n) is 7.15. The van der Waals surface area contributed by atoms with Crippen molar-refractivity contribution in [2.75, 3.05) is 0 Å². The maximum Gasteiger partial charge on any atom is 0.161 e. The van der Waals surface area contributed by atoms with E-state index in [4.69, 9.17) is 14.4 Å². The molecule has 0 N–H and O–H groups in total. The van der Waals surface area contributed by atoms with E-state index in [2.05, 4.69) is 92.7 Å². The molecule has 0 aliphatic heterocycles. The van der Waals surface area contributed by atoms with E-state index in [0.29, 0.717) is 0 Å². The monoisotopic (exact) mass is 464 g/mol. The Morgan fingerprint density at radius 1 is 0.639 bits per heavy atom. The lowest BCUT2D eigenvalue weighted by Crippen LogP contribution is -1.90. The predicted octanol–water partition coefficient (Wildman–Crippen LogP) is 8.94. The van der Waals surface area contributed by atoms with Gasteiger partial charge in [0, 0.05) is 33.6 Å². The lowest BCUT2D eigenvalue weighted by Gasteiger charge is -2.11. The van der Waals surface area contributed by atoms with Crippen LogP contribution in [0.1, 0.15) is 16.8 Å². The molecule has 0 saturated carbocycles. The molecule has 0 spiro atoms. The molecule has 3 nitrogen and oxygen atoms in total. The molecule has 3 aromatic heterocycles. The average molecular weight is 465 g/mol. The normalized spacial score (nSPS) is 11.8. The van der Waals surface area contributed by atoms with E-state index in [1.54, 1.807) is 0 Å². The standard InChI is InChI=1S/C33H24N2O/c1-19-7-9-24-16-25(12-11-23(24)15-19)29-17-30(34-18-20(29)2)28-6-4-5-26-27-14-13-22-10-8-21(3)35-31(22)33(27)36-32(26)28/h4-18H,1-3H3. The molecule has 0 atom stereocenters. The highest BCUT2D eigenvalue weighted by Crippen LogP contribution is 2.39. The summed E-state index contributed by atoms with van der Waals surface area (Å²) in [5.41, 5.74) is 10.2. The zero-order valence-electron chi connectivity index (χ0n) is 20.5. The summed E-state index contributed by atoms with van der Waals surface area (Å²) in [6.07, 6.45) is 1.96. The van der Waals surface area contributed by atoms with Crippen LogP contribution in [0.15, 0.2) is 95.5 Å². The van der Waals surface area contributed by atoms with Crippen LogP contribution in [0, 0.1) is 20.8 Å². The molecule has 0 aliphatic rings. The van der Waals surface area contributed by atoms with Gasteiger partial charge < -0.3 is 4.42 Å². The van der Waals surface area contributed by atoms with Crippen LogP contribution in [-0.2, 0) is 0 Å². The molecule has 0 amide bonds. The summed E-state index contributed by atoms with van der Waals surface area (Å²) in [7, 11) is 0. The maximum atomic E-state index is 6.55. The molecule has 3 heteroatoms. The van der Waals surface area contributed by atoms with E-state index in [9.17, 15) is 0 Å². The minimum Gasteiger partial charge on any atom is -0.453 e. The molecule has 0 radical (unpaired) electrons. The van der Waals surface area contributed by atoms with Gasteiger partial charge in [-0.3, -0.25) is 4.98 Å². The molecular weight excluding hydrogens is 440 g/mol. The van der Waals surface area contributed by atoms with Crippen LogP contribution in [0.2, 0.25) is 0 Å². The van der Waals surface area contributed by atoms with Crippen LogP contribution in [-0.4, -0.2) is 9.97 Å². The third kappa shape index (κ3) is 3.20. The number of aryl methyl sites for hydroxylation is 3. The third-order valence-corrected chi connectivity index (χ3v) is 7.15. The van der Waals surface area contributed by atoms with Crippen LogP contribution >= 0.6 is 0 Å². The lowest BCUT2D eigenvalue weighted by atomic mass is 9.96. The van der Waals surface area contributed by atoms with E-state index in [0.717, 1.165) is 55.4 Å². The molecule has 3 heterocycles. The fourth-order valence-corrected chi connectivity index (χ4v) is 5.25. The quantitative estimate of drug-likeness (QED) is 0.256. The first-order chi connectivity index (χ1) is 17.5. The first-order valence-electron chi connectivity index (χ1n) is 12.2. The molecule has 0 unspecified atom stereocenters. The van der Waals surface area contributed by atoms with Gasteiger partial charge >= 0.3 is 0 Å². The van der Waals surface area contributed by atoms with Crippen molar-refractivity contribution >= 4 is 43.6 Å². The van der Waals surface area contributed by atoms with Gasteiger partial charge in [-0.2, -0.15) is 0 Å². The molecule has 7 rings (SSSR count). The molecule has 0 bridgehead atoms. The van der Waals surface area contributed by atoms with Crippen molar-refractivity contribution in [3.63, 3.8) is 0 Å². The fraction of sp³-hybridized carbons (Fsp3) is 0.0909. The second kappa shape index (κ2) is 7.76. The number of pyridine rings is 2. The van der Waals surface area contributed by atoms with Crippen molar-refractivity contribution in [3.05, 3.63) is 108 Å². The average Bonchev–Trinajstić information content (AvgIpc) is 3.28. The fourth-order valence-electron chi connectivity index (χ4n) is 5.25. The molecule has 0 aliphatic carbocycles. The Morgan fingerprint density at radius 2 is 1.42 bits per heavy atom. The predicted molar refractivity (Wildman–Crippen MR) is 149 cm³/mol. The number of furan rings is 1. The molecular formula is C33H24N2O.